The van der Waals surface area contributed by atoms with Gasteiger partial charge in [-0.05, 0) is 19.1 Å². The van der Waals surface area contributed by atoms with Gasteiger partial charge >= 0.3 is 0 Å². The summed E-state index contributed by atoms with van der Waals surface area (Å²) in [6.07, 6.45) is 0.482. The molecule has 0 spiro atoms. The number of nitrogens with one attached hydrogen (secondary N) is 1. The van der Waals surface area contributed by atoms with Gasteiger partial charge in [-0.25, -0.2) is 4.39 Å². The van der Waals surface area contributed by atoms with Crippen molar-refractivity contribution in [2.45, 2.75) is 6.92 Å². The molecule has 86 valence electrons. The fourth-order valence-electron chi connectivity index (χ4n) is 1.16. The van der Waals surface area contributed by atoms with Crippen LogP contribution in [-0.2, 0) is 4.79 Å². The van der Waals surface area contributed by atoms with Crippen LogP contribution in [0.2, 0.25) is 0 Å². The molecule has 1 aromatic rings. The maximum absolute atomic E-state index is 13.3. The quantitative estimate of drug-likeness (QED) is 0.765. The number of ether oxygens (including phenoxy) is 1. The van der Waals surface area contributed by atoms with Gasteiger partial charge in [-0.1, -0.05) is 6.07 Å². The largest absolute Gasteiger partial charge is 0.480 e. The summed E-state index contributed by atoms with van der Waals surface area (Å²) in [5.74, 6) is -1.21. The summed E-state index contributed by atoms with van der Waals surface area (Å²) in [5, 5.41) is 2.50. The van der Waals surface area contributed by atoms with Crippen molar-refractivity contribution >= 4 is 12.2 Å². The van der Waals surface area contributed by atoms with Crippen molar-refractivity contribution in [3.8, 4) is 5.75 Å². The molecule has 1 amide bonds. The molecule has 0 aliphatic rings. The minimum Gasteiger partial charge on any atom is -0.480 e. The Morgan fingerprint density at radius 2 is 2.31 bits per heavy atom. The average Bonchev–Trinajstić information content (AvgIpc) is 2.27. The Kier molecular flexibility index (Phi) is 4.44. The fourth-order valence-corrected chi connectivity index (χ4v) is 1.16. The highest BCUT2D eigenvalue weighted by atomic mass is 19.1. The van der Waals surface area contributed by atoms with Gasteiger partial charge in [0.15, 0.2) is 24.5 Å². The van der Waals surface area contributed by atoms with Crippen molar-refractivity contribution in [1.29, 1.82) is 0 Å². The number of hydrogen-bond acceptors (Lipinski definition) is 3. The van der Waals surface area contributed by atoms with E-state index >= 15 is 0 Å². The molecule has 4 nitrogen and oxygen atoms in total. The third kappa shape index (κ3) is 3.05. The Hall–Kier alpha value is -1.91. The molecule has 0 atom stereocenters. The van der Waals surface area contributed by atoms with Gasteiger partial charge in [0, 0.05) is 6.54 Å². The van der Waals surface area contributed by atoms with E-state index in [9.17, 15) is 14.0 Å². The van der Waals surface area contributed by atoms with E-state index in [0.29, 0.717) is 12.8 Å². The molecule has 0 aliphatic carbocycles. The van der Waals surface area contributed by atoms with E-state index < -0.39 is 5.82 Å². The molecule has 0 bridgehead atoms. The molecule has 0 aliphatic heterocycles. The lowest BCUT2D eigenvalue weighted by molar-refractivity contribution is -0.123. The van der Waals surface area contributed by atoms with E-state index in [1.807, 2.05) is 0 Å². The molecule has 1 N–H and O–H groups in total. The fraction of sp³-hybridized carbons (Fsp3) is 0.273. The number of rotatable bonds is 5. The monoisotopic (exact) mass is 225 g/mol. The van der Waals surface area contributed by atoms with E-state index in [1.54, 1.807) is 6.92 Å². The van der Waals surface area contributed by atoms with Crippen LogP contribution in [0.25, 0.3) is 0 Å². The van der Waals surface area contributed by atoms with Crippen molar-refractivity contribution in [3.05, 3.63) is 29.6 Å². The molecule has 0 aromatic heterocycles. The zero-order valence-corrected chi connectivity index (χ0v) is 8.83. The van der Waals surface area contributed by atoms with Crippen LogP contribution in [0.1, 0.15) is 17.3 Å². The molecule has 16 heavy (non-hydrogen) atoms. The van der Waals surface area contributed by atoms with Gasteiger partial charge in [-0.3, -0.25) is 9.59 Å². The van der Waals surface area contributed by atoms with Gasteiger partial charge in [0.25, 0.3) is 5.91 Å². The molecule has 0 saturated carbocycles. The van der Waals surface area contributed by atoms with E-state index in [1.165, 1.54) is 18.2 Å². The summed E-state index contributed by atoms with van der Waals surface area (Å²) in [6, 6.07) is 3.99. The lowest BCUT2D eigenvalue weighted by Gasteiger charge is -2.08. The molecule has 0 fully saturated rings. The number of carbonyl (C=O) groups is 2. The number of likely N-dealkylation sites (N-methyl/N-ethyl adjacent to an activating group) is 1. The van der Waals surface area contributed by atoms with Crippen LogP contribution in [0.3, 0.4) is 0 Å². The van der Waals surface area contributed by atoms with Crippen LogP contribution in [0, 0.1) is 5.82 Å². The summed E-state index contributed by atoms with van der Waals surface area (Å²) < 4.78 is 18.2. The lowest BCUT2D eigenvalue weighted by atomic mass is 10.2. The minimum absolute atomic E-state index is 0.0873. The number of hydrogen-bond donors (Lipinski definition) is 1. The molecular weight excluding hydrogens is 213 g/mol. The minimum atomic E-state index is -0.658. The van der Waals surface area contributed by atoms with Gasteiger partial charge in [0.05, 0.1) is 5.56 Å². The van der Waals surface area contributed by atoms with E-state index in [4.69, 9.17) is 4.74 Å². The number of halogens is 1. The zero-order chi connectivity index (χ0) is 12.0. The van der Waals surface area contributed by atoms with Crippen molar-refractivity contribution in [2.24, 2.45) is 0 Å². The van der Waals surface area contributed by atoms with Gasteiger partial charge in [0.1, 0.15) is 0 Å². The second kappa shape index (κ2) is 5.85. The SMILES string of the molecule is CCNC(=O)COc1c(F)cccc1C=O. The summed E-state index contributed by atoms with van der Waals surface area (Å²) >= 11 is 0. The molecule has 0 radical (unpaired) electrons. The Labute approximate surface area is 92.4 Å². The Morgan fingerprint density at radius 1 is 1.56 bits per heavy atom. The van der Waals surface area contributed by atoms with Gasteiger partial charge in [-0.15, -0.1) is 0 Å². The van der Waals surface area contributed by atoms with Crippen LogP contribution in [0.15, 0.2) is 18.2 Å². The van der Waals surface area contributed by atoms with E-state index in [2.05, 4.69) is 5.32 Å². The molecular formula is C11H12FNO3. The zero-order valence-electron chi connectivity index (χ0n) is 8.83. The lowest BCUT2D eigenvalue weighted by Crippen LogP contribution is -2.28. The summed E-state index contributed by atoms with van der Waals surface area (Å²) in [4.78, 5) is 21.7. The number of benzene rings is 1. The summed E-state index contributed by atoms with van der Waals surface area (Å²) in [6.45, 7) is 1.92. The van der Waals surface area contributed by atoms with Crippen LogP contribution in [-0.4, -0.2) is 25.3 Å². The Balaban J connectivity index is 2.72. The maximum atomic E-state index is 13.3. The van der Waals surface area contributed by atoms with Crippen LogP contribution >= 0.6 is 0 Å². The number of aldehydes is 1. The third-order valence-electron chi connectivity index (χ3n) is 1.85. The molecule has 1 rings (SSSR count). The summed E-state index contributed by atoms with van der Waals surface area (Å²) in [7, 11) is 0. The first-order valence-corrected chi connectivity index (χ1v) is 4.82. The predicted octanol–water partition coefficient (Wildman–Crippen LogP) is 1.15. The smallest absolute Gasteiger partial charge is 0.257 e. The Morgan fingerprint density at radius 3 is 2.94 bits per heavy atom. The van der Waals surface area contributed by atoms with Crippen molar-refractivity contribution in [2.75, 3.05) is 13.2 Å². The van der Waals surface area contributed by atoms with Crippen molar-refractivity contribution < 1.29 is 18.7 Å². The molecule has 1 aromatic carbocycles. The van der Waals surface area contributed by atoms with Crippen molar-refractivity contribution in [1.82, 2.24) is 5.32 Å². The second-order valence-corrected chi connectivity index (χ2v) is 3.02. The number of amides is 1. The van der Waals surface area contributed by atoms with Crippen molar-refractivity contribution in [3.63, 3.8) is 0 Å². The van der Waals surface area contributed by atoms with Gasteiger partial charge < -0.3 is 10.1 Å². The predicted molar refractivity (Wildman–Crippen MR) is 56.0 cm³/mol. The molecule has 0 heterocycles. The van der Waals surface area contributed by atoms with Gasteiger partial charge in [0.2, 0.25) is 0 Å². The Bertz CT molecular complexity index is 393. The first-order chi connectivity index (χ1) is 7.69. The van der Waals surface area contributed by atoms with Gasteiger partial charge in [-0.2, -0.15) is 0 Å². The highest BCUT2D eigenvalue weighted by Gasteiger charge is 2.10. The highest BCUT2D eigenvalue weighted by molar-refractivity contribution is 5.80. The van der Waals surface area contributed by atoms with Crippen LogP contribution in [0.5, 0.6) is 5.75 Å². The second-order valence-electron chi connectivity index (χ2n) is 3.02. The van der Waals surface area contributed by atoms with Crippen LogP contribution < -0.4 is 10.1 Å². The highest BCUT2D eigenvalue weighted by Crippen LogP contribution is 2.20. The number of carbonyl (C=O) groups excluding carboxylic acids is 2. The third-order valence-corrected chi connectivity index (χ3v) is 1.85. The van der Waals surface area contributed by atoms with Crippen LogP contribution in [0.4, 0.5) is 4.39 Å². The normalized spacial score (nSPS) is 9.62. The number of para-hydroxylation sites is 1. The standard InChI is InChI=1S/C11H12FNO3/c1-2-13-10(15)7-16-11-8(6-14)4-3-5-9(11)12/h3-6H,2,7H2,1H3,(H,13,15). The molecule has 0 saturated heterocycles. The summed E-state index contributed by atoms with van der Waals surface area (Å²) in [5.41, 5.74) is 0.0873. The molecule has 5 heteroatoms. The maximum Gasteiger partial charge on any atom is 0.257 e. The molecule has 0 unspecified atom stereocenters. The van der Waals surface area contributed by atoms with E-state index in [-0.39, 0.29) is 23.8 Å². The van der Waals surface area contributed by atoms with E-state index in [0.717, 1.165) is 0 Å². The first-order valence-electron chi connectivity index (χ1n) is 4.82. The topological polar surface area (TPSA) is 55.4 Å². The average molecular weight is 225 g/mol. The first kappa shape index (κ1) is 12.2.